The lowest BCUT2D eigenvalue weighted by Crippen LogP contribution is -2.29. The van der Waals surface area contributed by atoms with E-state index in [1.54, 1.807) is 12.3 Å². The average Bonchev–Trinajstić information content (AvgIpc) is 2.46. The maximum absolute atomic E-state index is 14.1. The van der Waals surface area contributed by atoms with E-state index in [2.05, 4.69) is 40.1 Å². The van der Waals surface area contributed by atoms with Gasteiger partial charge in [0.15, 0.2) is 0 Å². The summed E-state index contributed by atoms with van der Waals surface area (Å²) in [6.07, 6.45) is 2.50. The molecule has 1 N–H and O–H groups in total. The molecular formula is C17H20BrFN2. The maximum Gasteiger partial charge on any atom is 0.126 e. The minimum atomic E-state index is -0.148. The van der Waals surface area contributed by atoms with Gasteiger partial charge in [-0.05, 0) is 46.1 Å². The lowest BCUT2D eigenvalue weighted by atomic mass is 9.93. The molecule has 1 unspecified atom stereocenters. The Morgan fingerprint density at radius 3 is 2.57 bits per heavy atom. The molecule has 0 amide bonds. The molecule has 2 aromatic rings. The van der Waals surface area contributed by atoms with Crippen LogP contribution in [0.15, 0.2) is 47.1 Å². The van der Waals surface area contributed by atoms with Crippen LogP contribution in [0.1, 0.15) is 31.0 Å². The van der Waals surface area contributed by atoms with E-state index in [9.17, 15) is 4.39 Å². The first-order valence-electron chi connectivity index (χ1n) is 7.14. The number of benzene rings is 1. The molecule has 0 saturated heterocycles. The lowest BCUT2D eigenvalue weighted by molar-refractivity contribution is 0.503. The van der Waals surface area contributed by atoms with Crippen LogP contribution < -0.4 is 5.32 Å². The van der Waals surface area contributed by atoms with Crippen LogP contribution in [0.5, 0.6) is 0 Å². The largest absolute Gasteiger partial charge is 0.314 e. The third-order valence-electron chi connectivity index (χ3n) is 3.36. The Balaban J connectivity index is 2.19. The zero-order chi connectivity index (χ0) is 15.2. The van der Waals surface area contributed by atoms with Crippen LogP contribution in [-0.2, 0) is 6.42 Å². The fourth-order valence-corrected chi connectivity index (χ4v) is 2.49. The highest BCUT2D eigenvalue weighted by Crippen LogP contribution is 2.23. The fraction of sp³-hybridized carbons (Fsp3) is 0.353. The summed E-state index contributed by atoms with van der Waals surface area (Å²) < 4.78 is 15.0. The van der Waals surface area contributed by atoms with Crippen molar-refractivity contribution in [3.05, 3.63) is 64.1 Å². The molecule has 0 aliphatic heterocycles. The predicted octanol–water partition coefficient (Wildman–Crippen LogP) is 4.31. The van der Waals surface area contributed by atoms with Crippen LogP contribution in [0, 0.1) is 5.82 Å². The number of pyridine rings is 1. The molecule has 0 fully saturated rings. The maximum atomic E-state index is 14.1. The van der Waals surface area contributed by atoms with Gasteiger partial charge in [0.2, 0.25) is 0 Å². The number of halogens is 2. The summed E-state index contributed by atoms with van der Waals surface area (Å²) in [5.74, 6) is -0.0764. The lowest BCUT2D eigenvalue weighted by Gasteiger charge is -2.20. The van der Waals surface area contributed by atoms with Crippen LogP contribution in [-0.4, -0.2) is 17.6 Å². The number of rotatable bonds is 6. The van der Waals surface area contributed by atoms with Gasteiger partial charge >= 0.3 is 0 Å². The Labute approximate surface area is 133 Å². The van der Waals surface area contributed by atoms with E-state index in [0.29, 0.717) is 12.5 Å². The summed E-state index contributed by atoms with van der Waals surface area (Å²) in [6.45, 7) is 4.92. The van der Waals surface area contributed by atoms with Crippen molar-refractivity contribution < 1.29 is 4.39 Å². The molecule has 1 heterocycles. The summed E-state index contributed by atoms with van der Waals surface area (Å²) in [5.41, 5.74) is 1.72. The molecule has 0 spiro atoms. The topological polar surface area (TPSA) is 24.9 Å². The second-order valence-corrected chi connectivity index (χ2v) is 6.37. The summed E-state index contributed by atoms with van der Waals surface area (Å²) >= 11 is 3.38. The smallest absolute Gasteiger partial charge is 0.126 e. The van der Waals surface area contributed by atoms with Crippen LogP contribution in [0.25, 0.3) is 0 Å². The molecule has 4 heteroatoms. The first kappa shape index (κ1) is 16.1. The Morgan fingerprint density at radius 2 is 1.95 bits per heavy atom. The molecule has 0 bridgehead atoms. The molecule has 0 saturated carbocycles. The van der Waals surface area contributed by atoms with Gasteiger partial charge in [-0.1, -0.05) is 32.0 Å². The molecule has 112 valence electrons. The molecule has 2 nitrogen and oxygen atoms in total. The molecule has 0 aliphatic rings. The van der Waals surface area contributed by atoms with Crippen LogP contribution in [0.2, 0.25) is 0 Å². The summed E-state index contributed by atoms with van der Waals surface area (Å²) in [6, 6.07) is 11.3. The van der Waals surface area contributed by atoms with Gasteiger partial charge in [-0.25, -0.2) is 4.39 Å². The van der Waals surface area contributed by atoms with Gasteiger partial charge in [-0.3, -0.25) is 4.98 Å². The van der Waals surface area contributed by atoms with E-state index in [1.165, 1.54) is 6.07 Å². The minimum absolute atomic E-state index is 0.0716. The molecular weight excluding hydrogens is 331 g/mol. The number of hydrogen-bond donors (Lipinski definition) is 1. The minimum Gasteiger partial charge on any atom is -0.314 e. The van der Waals surface area contributed by atoms with Gasteiger partial charge < -0.3 is 5.32 Å². The highest BCUT2D eigenvalue weighted by Gasteiger charge is 2.17. The van der Waals surface area contributed by atoms with Crippen molar-refractivity contribution in [1.82, 2.24) is 10.3 Å². The second kappa shape index (κ2) is 7.66. The van der Waals surface area contributed by atoms with Crippen molar-refractivity contribution in [2.24, 2.45) is 0 Å². The quantitative estimate of drug-likeness (QED) is 0.839. The zero-order valence-corrected chi connectivity index (χ0v) is 13.9. The van der Waals surface area contributed by atoms with Crippen molar-refractivity contribution in [3.63, 3.8) is 0 Å². The number of aromatic nitrogens is 1. The Hall–Kier alpha value is -1.26. The van der Waals surface area contributed by atoms with E-state index < -0.39 is 0 Å². The summed E-state index contributed by atoms with van der Waals surface area (Å²) in [4.78, 5) is 4.40. The average molecular weight is 351 g/mol. The van der Waals surface area contributed by atoms with Crippen LogP contribution in [0.4, 0.5) is 4.39 Å². The SMILES string of the molecule is CC(C)NCC(Cc1ccc(Br)cn1)c1ccccc1F. The van der Waals surface area contributed by atoms with Crippen molar-refractivity contribution in [2.45, 2.75) is 32.2 Å². The van der Waals surface area contributed by atoms with E-state index in [-0.39, 0.29) is 11.7 Å². The van der Waals surface area contributed by atoms with Gasteiger partial charge in [0, 0.05) is 34.9 Å². The van der Waals surface area contributed by atoms with Gasteiger partial charge in [-0.2, -0.15) is 0 Å². The number of hydrogen-bond acceptors (Lipinski definition) is 2. The van der Waals surface area contributed by atoms with Gasteiger partial charge in [0.1, 0.15) is 5.82 Å². The fourth-order valence-electron chi connectivity index (χ4n) is 2.26. The van der Waals surface area contributed by atoms with Crippen LogP contribution in [0.3, 0.4) is 0 Å². The molecule has 0 aliphatic carbocycles. The summed E-state index contributed by atoms with van der Waals surface area (Å²) in [7, 11) is 0. The molecule has 0 radical (unpaired) electrons. The standard InChI is InChI=1S/C17H20BrFN2/c1-12(2)20-10-13(16-5-3-4-6-17(16)19)9-15-8-7-14(18)11-21-15/h3-8,11-13,20H,9-10H2,1-2H3. The monoisotopic (exact) mass is 350 g/mol. The predicted molar refractivity (Wildman–Crippen MR) is 87.9 cm³/mol. The van der Waals surface area contributed by atoms with E-state index in [4.69, 9.17) is 0 Å². The number of nitrogens with zero attached hydrogens (tertiary/aromatic N) is 1. The van der Waals surface area contributed by atoms with Crippen LogP contribution >= 0.6 is 15.9 Å². The van der Waals surface area contributed by atoms with Gasteiger partial charge in [0.25, 0.3) is 0 Å². The van der Waals surface area contributed by atoms with Crippen molar-refractivity contribution in [3.8, 4) is 0 Å². The molecule has 1 aromatic carbocycles. The summed E-state index contributed by atoms with van der Waals surface area (Å²) in [5, 5.41) is 3.40. The third-order valence-corrected chi connectivity index (χ3v) is 3.83. The second-order valence-electron chi connectivity index (χ2n) is 5.45. The Morgan fingerprint density at radius 1 is 1.19 bits per heavy atom. The van der Waals surface area contributed by atoms with E-state index in [1.807, 2.05) is 24.3 Å². The zero-order valence-electron chi connectivity index (χ0n) is 12.3. The van der Waals surface area contributed by atoms with Gasteiger partial charge in [0.05, 0.1) is 0 Å². The molecule has 1 aromatic heterocycles. The Kier molecular flexibility index (Phi) is 5.88. The van der Waals surface area contributed by atoms with Gasteiger partial charge in [-0.15, -0.1) is 0 Å². The van der Waals surface area contributed by atoms with Crippen molar-refractivity contribution in [2.75, 3.05) is 6.54 Å². The first-order valence-corrected chi connectivity index (χ1v) is 7.94. The van der Waals surface area contributed by atoms with E-state index in [0.717, 1.165) is 22.3 Å². The number of nitrogens with one attached hydrogen (secondary N) is 1. The first-order chi connectivity index (χ1) is 10.1. The third kappa shape index (κ3) is 4.90. The highest BCUT2D eigenvalue weighted by molar-refractivity contribution is 9.10. The molecule has 2 rings (SSSR count). The Bertz CT molecular complexity index is 569. The van der Waals surface area contributed by atoms with Crippen molar-refractivity contribution >= 4 is 15.9 Å². The highest BCUT2D eigenvalue weighted by atomic mass is 79.9. The normalized spacial score (nSPS) is 12.6. The van der Waals surface area contributed by atoms with Crippen molar-refractivity contribution in [1.29, 1.82) is 0 Å². The van der Waals surface area contributed by atoms with E-state index >= 15 is 0 Å². The molecule has 1 atom stereocenters. The molecule has 21 heavy (non-hydrogen) atoms.